The number of carbonyl (C=O) groups is 1. The lowest BCUT2D eigenvalue weighted by atomic mass is 9.77. The van der Waals surface area contributed by atoms with E-state index >= 15 is 0 Å². The van der Waals surface area contributed by atoms with E-state index in [0.29, 0.717) is 5.75 Å². The van der Waals surface area contributed by atoms with Crippen LogP contribution in [0.5, 0.6) is 5.75 Å². The van der Waals surface area contributed by atoms with E-state index in [2.05, 4.69) is 0 Å². The molecule has 0 saturated heterocycles. The quantitative estimate of drug-likeness (QED) is 0.598. The van der Waals surface area contributed by atoms with E-state index in [9.17, 15) is 14.8 Å². The Hall–Kier alpha value is -1.53. The Labute approximate surface area is 106 Å². The minimum Gasteiger partial charge on any atom is -0.497 e. The molecule has 0 bridgehead atoms. The van der Waals surface area contributed by atoms with Crippen LogP contribution in [0.4, 0.5) is 0 Å². The van der Waals surface area contributed by atoms with E-state index in [1.165, 1.54) is 19.2 Å². The lowest BCUT2D eigenvalue weighted by Gasteiger charge is -2.20. The van der Waals surface area contributed by atoms with Gasteiger partial charge in [-0.05, 0) is 39.0 Å². The number of hydrogen-bond donors (Lipinski definition) is 2. The van der Waals surface area contributed by atoms with Crippen molar-refractivity contribution in [2.45, 2.75) is 26.4 Å². The van der Waals surface area contributed by atoms with Gasteiger partial charge < -0.3 is 19.5 Å². The zero-order valence-electron chi connectivity index (χ0n) is 10.9. The van der Waals surface area contributed by atoms with Gasteiger partial charge in [-0.15, -0.1) is 0 Å². The molecule has 0 radical (unpaired) electrons. The fourth-order valence-electron chi connectivity index (χ4n) is 1.40. The van der Waals surface area contributed by atoms with E-state index in [1.807, 2.05) is 0 Å². The number of esters is 1. The molecule has 5 nitrogen and oxygen atoms in total. The summed E-state index contributed by atoms with van der Waals surface area (Å²) in [6.07, 6.45) is 0. The lowest BCUT2D eigenvalue weighted by molar-refractivity contribution is 0.00705. The topological polar surface area (TPSA) is 76.0 Å². The average Bonchev–Trinajstić information content (AvgIpc) is 2.25. The fraction of sp³-hybridized carbons (Fsp3) is 0.417. The van der Waals surface area contributed by atoms with Gasteiger partial charge in [-0.1, -0.05) is 0 Å². The van der Waals surface area contributed by atoms with Gasteiger partial charge in [-0.2, -0.15) is 0 Å². The average molecular weight is 252 g/mol. The molecule has 0 fully saturated rings. The predicted octanol–water partition coefficient (Wildman–Crippen LogP) is 0.330. The van der Waals surface area contributed by atoms with Crippen molar-refractivity contribution in [2.24, 2.45) is 0 Å². The van der Waals surface area contributed by atoms with Crippen LogP contribution < -0.4 is 10.2 Å². The van der Waals surface area contributed by atoms with E-state index < -0.39 is 18.7 Å². The highest BCUT2D eigenvalue weighted by Gasteiger charge is 2.25. The smallest absolute Gasteiger partial charge is 0.489 e. The third kappa shape index (κ3) is 3.75. The summed E-state index contributed by atoms with van der Waals surface area (Å²) in [4.78, 5) is 11.9. The molecule has 1 rings (SSSR count). The van der Waals surface area contributed by atoms with Crippen LogP contribution in [0, 0.1) is 0 Å². The summed E-state index contributed by atoms with van der Waals surface area (Å²) >= 11 is 0. The molecule has 0 aliphatic rings. The van der Waals surface area contributed by atoms with Crippen LogP contribution in [-0.4, -0.2) is 35.8 Å². The second kappa shape index (κ2) is 5.41. The second-order valence-corrected chi connectivity index (χ2v) is 4.83. The maximum Gasteiger partial charge on any atom is 0.489 e. The Bertz CT molecular complexity index is 437. The summed E-state index contributed by atoms with van der Waals surface area (Å²) in [7, 11) is -0.307. The van der Waals surface area contributed by atoms with Crippen molar-refractivity contribution < 1.29 is 24.3 Å². The Balaban J connectivity index is 3.12. The minimum atomic E-state index is -1.76. The van der Waals surface area contributed by atoms with Crippen LogP contribution in [0.15, 0.2) is 18.2 Å². The van der Waals surface area contributed by atoms with Crippen LogP contribution in [0.3, 0.4) is 0 Å². The molecule has 0 aromatic heterocycles. The fourth-order valence-corrected chi connectivity index (χ4v) is 1.40. The van der Waals surface area contributed by atoms with Crippen molar-refractivity contribution >= 4 is 18.6 Å². The zero-order valence-corrected chi connectivity index (χ0v) is 10.9. The van der Waals surface area contributed by atoms with Gasteiger partial charge in [0, 0.05) is 5.46 Å². The molecule has 0 aliphatic carbocycles. The molecule has 0 spiro atoms. The molecule has 2 N–H and O–H groups in total. The minimum absolute atomic E-state index is 0.0589. The first-order chi connectivity index (χ1) is 8.24. The second-order valence-electron chi connectivity index (χ2n) is 4.83. The van der Waals surface area contributed by atoms with Gasteiger partial charge in [0.1, 0.15) is 11.4 Å². The molecule has 0 aliphatic heterocycles. The number of hydrogen-bond acceptors (Lipinski definition) is 5. The summed E-state index contributed by atoms with van der Waals surface area (Å²) in [6.45, 7) is 5.22. The van der Waals surface area contributed by atoms with Crippen molar-refractivity contribution in [3.8, 4) is 5.75 Å². The molecule has 6 heteroatoms. The molecular weight excluding hydrogens is 235 g/mol. The summed E-state index contributed by atoms with van der Waals surface area (Å²) in [5.74, 6) is -0.168. The van der Waals surface area contributed by atoms with Crippen LogP contribution in [-0.2, 0) is 4.74 Å². The maximum absolute atomic E-state index is 11.9. The predicted molar refractivity (Wildman–Crippen MR) is 68.0 cm³/mol. The first-order valence-electron chi connectivity index (χ1n) is 5.52. The Morgan fingerprint density at radius 2 is 1.89 bits per heavy atom. The lowest BCUT2D eigenvalue weighted by Crippen LogP contribution is -2.36. The summed E-state index contributed by atoms with van der Waals surface area (Å²) < 4.78 is 10.2. The van der Waals surface area contributed by atoms with Crippen molar-refractivity contribution in [3.63, 3.8) is 0 Å². The Kier molecular flexibility index (Phi) is 4.37. The van der Waals surface area contributed by atoms with E-state index in [-0.39, 0.29) is 11.0 Å². The molecule has 0 unspecified atom stereocenters. The van der Waals surface area contributed by atoms with Gasteiger partial charge in [0.05, 0.1) is 12.7 Å². The van der Waals surface area contributed by atoms with Gasteiger partial charge >= 0.3 is 13.1 Å². The first kappa shape index (κ1) is 14.5. The third-order valence-electron chi connectivity index (χ3n) is 2.16. The first-order valence-corrected chi connectivity index (χ1v) is 5.52. The highest BCUT2D eigenvalue weighted by atomic mass is 16.6. The Morgan fingerprint density at radius 3 is 2.33 bits per heavy atom. The molecule has 0 amide bonds. The van der Waals surface area contributed by atoms with E-state index in [1.54, 1.807) is 26.8 Å². The SMILES string of the molecule is COc1ccc(C(=O)OC(C)(C)C)c(B(O)O)c1. The normalized spacial score (nSPS) is 11.0. The summed E-state index contributed by atoms with van der Waals surface area (Å²) in [5, 5.41) is 18.5. The molecule has 0 atom stereocenters. The summed E-state index contributed by atoms with van der Waals surface area (Å²) in [5.41, 5.74) is -0.473. The molecule has 18 heavy (non-hydrogen) atoms. The monoisotopic (exact) mass is 252 g/mol. The number of rotatable bonds is 3. The largest absolute Gasteiger partial charge is 0.497 e. The number of benzene rings is 1. The third-order valence-corrected chi connectivity index (χ3v) is 2.16. The van der Waals surface area contributed by atoms with E-state index in [0.717, 1.165) is 0 Å². The van der Waals surface area contributed by atoms with Crippen LogP contribution >= 0.6 is 0 Å². The molecule has 0 saturated carbocycles. The van der Waals surface area contributed by atoms with Crippen LogP contribution in [0.25, 0.3) is 0 Å². The van der Waals surface area contributed by atoms with Gasteiger partial charge in [-0.25, -0.2) is 4.79 Å². The van der Waals surface area contributed by atoms with Crippen molar-refractivity contribution in [1.82, 2.24) is 0 Å². The molecule has 0 heterocycles. The van der Waals surface area contributed by atoms with Crippen LogP contribution in [0.1, 0.15) is 31.1 Å². The zero-order chi connectivity index (χ0) is 13.9. The van der Waals surface area contributed by atoms with Gasteiger partial charge in [0.25, 0.3) is 0 Å². The number of carbonyl (C=O) groups excluding carboxylic acids is 1. The highest BCUT2D eigenvalue weighted by Crippen LogP contribution is 2.14. The van der Waals surface area contributed by atoms with Gasteiger partial charge in [0.2, 0.25) is 0 Å². The van der Waals surface area contributed by atoms with Crippen molar-refractivity contribution in [3.05, 3.63) is 23.8 Å². The van der Waals surface area contributed by atoms with Gasteiger partial charge in [0.15, 0.2) is 0 Å². The van der Waals surface area contributed by atoms with Crippen molar-refractivity contribution in [2.75, 3.05) is 7.11 Å². The molecule has 1 aromatic rings. The number of methoxy groups -OCH3 is 1. The highest BCUT2D eigenvalue weighted by molar-refractivity contribution is 6.60. The van der Waals surface area contributed by atoms with E-state index in [4.69, 9.17) is 9.47 Å². The maximum atomic E-state index is 11.9. The Morgan fingerprint density at radius 1 is 1.28 bits per heavy atom. The molecular formula is C12H17BO5. The molecule has 98 valence electrons. The van der Waals surface area contributed by atoms with Gasteiger partial charge in [-0.3, -0.25) is 0 Å². The van der Waals surface area contributed by atoms with Crippen LogP contribution in [0.2, 0.25) is 0 Å². The number of ether oxygens (including phenoxy) is 2. The summed E-state index contributed by atoms with van der Waals surface area (Å²) in [6, 6.07) is 4.40. The standard InChI is InChI=1S/C12H17BO5/c1-12(2,3)18-11(14)9-6-5-8(17-4)7-10(9)13(15)16/h5-7,15-16H,1-4H3. The molecule has 1 aromatic carbocycles. The van der Waals surface area contributed by atoms with Crippen molar-refractivity contribution in [1.29, 1.82) is 0 Å².